The van der Waals surface area contributed by atoms with Gasteiger partial charge in [-0.3, -0.25) is 9.59 Å². The molecule has 120 valence electrons. The average molecular weight is 296 g/mol. The summed E-state index contributed by atoms with van der Waals surface area (Å²) in [5, 5.41) is 15.1. The van der Waals surface area contributed by atoms with Gasteiger partial charge >= 0.3 is 5.97 Å². The molecule has 21 heavy (non-hydrogen) atoms. The lowest BCUT2D eigenvalue weighted by molar-refractivity contribution is -0.137. The molecule has 0 aromatic carbocycles. The van der Waals surface area contributed by atoms with E-state index in [0.29, 0.717) is 30.8 Å². The maximum absolute atomic E-state index is 12.2. The maximum Gasteiger partial charge on any atom is 0.303 e. The van der Waals surface area contributed by atoms with E-state index >= 15 is 0 Å². The molecule has 5 heteroatoms. The van der Waals surface area contributed by atoms with E-state index in [2.05, 4.69) is 10.6 Å². The zero-order valence-electron chi connectivity index (χ0n) is 12.9. The number of carbonyl (C=O) groups excluding carboxylic acids is 1. The van der Waals surface area contributed by atoms with Crippen LogP contribution < -0.4 is 10.6 Å². The van der Waals surface area contributed by atoms with Crippen molar-refractivity contribution in [1.82, 2.24) is 10.6 Å². The fourth-order valence-corrected chi connectivity index (χ4v) is 3.60. The Hall–Kier alpha value is -1.10. The van der Waals surface area contributed by atoms with Crippen molar-refractivity contribution < 1.29 is 14.7 Å². The van der Waals surface area contributed by atoms with E-state index in [-0.39, 0.29) is 18.4 Å². The summed E-state index contributed by atoms with van der Waals surface area (Å²) in [7, 11) is 0. The Balaban J connectivity index is 1.62. The van der Waals surface area contributed by atoms with Gasteiger partial charge in [-0.25, -0.2) is 0 Å². The fraction of sp³-hybridized carbons (Fsp3) is 0.875. The van der Waals surface area contributed by atoms with Gasteiger partial charge in [0.25, 0.3) is 0 Å². The highest BCUT2D eigenvalue weighted by Crippen LogP contribution is 2.33. The molecule has 0 bridgehead atoms. The molecule has 0 spiro atoms. The Morgan fingerprint density at radius 2 is 2.05 bits per heavy atom. The first kappa shape index (κ1) is 16.3. The van der Waals surface area contributed by atoms with Crippen LogP contribution in [-0.2, 0) is 9.59 Å². The quantitative estimate of drug-likeness (QED) is 0.670. The van der Waals surface area contributed by atoms with E-state index in [1.54, 1.807) is 0 Å². The highest BCUT2D eigenvalue weighted by atomic mass is 16.4. The smallest absolute Gasteiger partial charge is 0.303 e. The zero-order valence-corrected chi connectivity index (χ0v) is 12.9. The Morgan fingerprint density at radius 1 is 1.29 bits per heavy atom. The zero-order chi connectivity index (χ0) is 15.2. The summed E-state index contributed by atoms with van der Waals surface area (Å²) in [6.07, 6.45) is 7.76. The highest BCUT2D eigenvalue weighted by molar-refractivity contribution is 5.82. The molecule has 2 fully saturated rings. The van der Waals surface area contributed by atoms with Crippen LogP contribution in [0.2, 0.25) is 0 Å². The number of fused-ring (bicyclic) bond motifs is 1. The van der Waals surface area contributed by atoms with Crippen LogP contribution in [-0.4, -0.2) is 35.6 Å². The number of nitrogens with one attached hydrogen (secondary N) is 2. The van der Waals surface area contributed by atoms with E-state index in [1.165, 1.54) is 25.7 Å². The van der Waals surface area contributed by atoms with Gasteiger partial charge in [0.1, 0.15) is 0 Å². The van der Waals surface area contributed by atoms with Gasteiger partial charge in [0, 0.05) is 19.0 Å². The molecule has 4 unspecified atom stereocenters. The molecule has 0 aromatic rings. The van der Waals surface area contributed by atoms with Crippen molar-refractivity contribution in [3.05, 3.63) is 0 Å². The summed E-state index contributed by atoms with van der Waals surface area (Å²) in [4.78, 5) is 22.7. The normalized spacial score (nSPS) is 29.7. The molecule has 1 amide bonds. The number of amides is 1. The third kappa shape index (κ3) is 4.99. The standard InChI is InChI=1S/C16H28N2O3/c1-11(6-7-15(19)20)8-9-17-16(21)14-10-12-4-2-3-5-13(12)18-14/h11-14,18H,2-10H2,1H3,(H,17,21)(H,19,20). The second kappa shape index (κ2) is 7.78. The largest absolute Gasteiger partial charge is 0.481 e. The Kier molecular flexibility index (Phi) is 6.03. The van der Waals surface area contributed by atoms with Crippen LogP contribution in [0, 0.1) is 11.8 Å². The number of carbonyl (C=O) groups is 2. The molecule has 0 radical (unpaired) electrons. The van der Waals surface area contributed by atoms with E-state index in [0.717, 1.165) is 12.8 Å². The number of hydrogen-bond donors (Lipinski definition) is 3. The monoisotopic (exact) mass is 296 g/mol. The van der Waals surface area contributed by atoms with Gasteiger partial charge in [-0.15, -0.1) is 0 Å². The summed E-state index contributed by atoms with van der Waals surface area (Å²) in [6, 6.07) is 0.524. The lowest BCUT2D eigenvalue weighted by Crippen LogP contribution is -2.43. The van der Waals surface area contributed by atoms with E-state index in [1.807, 2.05) is 6.92 Å². The molecule has 1 saturated heterocycles. The van der Waals surface area contributed by atoms with Gasteiger partial charge in [-0.05, 0) is 43.9 Å². The minimum Gasteiger partial charge on any atom is -0.481 e. The van der Waals surface area contributed by atoms with Gasteiger partial charge in [-0.2, -0.15) is 0 Å². The van der Waals surface area contributed by atoms with Crippen molar-refractivity contribution in [2.45, 2.75) is 70.4 Å². The first-order valence-corrected chi connectivity index (χ1v) is 8.32. The minimum absolute atomic E-state index is 0.0209. The summed E-state index contributed by atoms with van der Waals surface area (Å²) >= 11 is 0. The Morgan fingerprint density at radius 3 is 2.76 bits per heavy atom. The van der Waals surface area contributed by atoms with Crippen LogP contribution in [0.1, 0.15) is 58.3 Å². The summed E-state index contributed by atoms with van der Waals surface area (Å²) < 4.78 is 0. The van der Waals surface area contributed by atoms with Gasteiger partial charge in [0.2, 0.25) is 5.91 Å². The van der Waals surface area contributed by atoms with Crippen molar-refractivity contribution in [2.24, 2.45) is 11.8 Å². The highest BCUT2D eigenvalue weighted by Gasteiger charge is 2.37. The average Bonchev–Trinajstić information content (AvgIpc) is 2.89. The Bertz CT molecular complexity index is 359. The van der Waals surface area contributed by atoms with Crippen LogP contribution in [0.4, 0.5) is 0 Å². The van der Waals surface area contributed by atoms with Crippen LogP contribution in [0.15, 0.2) is 0 Å². The number of hydrogen-bond acceptors (Lipinski definition) is 3. The molecule has 0 aromatic heterocycles. The summed E-state index contributed by atoms with van der Waals surface area (Å²) in [6.45, 7) is 2.69. The van der Waals surface area contributed by atoms with Crippen LogP contribution >= 0.6 is 0 Å². The van der Waals surface area contributed by atoms with Crippen LogP contribution in [0.5, 0.6) is 0 Å². The maximum atomic E-state index is 12.2. The van der Waals surface area contributed by atoms with E-state index in [9.17, 15) is 9.59 Å². The van der Waals surface area contributed by atoms with Crippen molar-refractivity contribution in [3.8, 4) is 0 Å². The van der Waals surface area contributed by atoms with Crippen molar-refractivity contribution >= 4 is 11.9 Å². The predicted molar refractivity (Wildman–Crippen MR) is 80.9 cm³/mol. The van der Waals surface area contributed by atoms with Crippen molar-refractivity contribution in [2.75, 3.05) is 6.54 Å². The summed E-state index contributed by atoms with van der Waals surface area (Å²) in [5.41, 5.74) is 0. The second-order valence-electron chi connectivity index (χ2n) is 6.72. The second-order valence-corrected chi connectivity index (χ2v) is 6.72. The summed E-state index contributed by atoms with van der Waals surface area (Å²) in [5.74, 6) is 0.392. The predicted octanol–water partition coefficient (Wildman–Crippen LogP) is 1.91. The molecular formula is C16H28N2O3. The lowest BCUT2D eigenvalue weighted by atomic mass is 9.85. The number of carboxylic acids is 1. The minimum atomic E-state index is -0.747. The molecule has 5 nitrogen and oxygen atoms in total. The van der Waals surface area contributed by atoms with Gasteiger partial charge in [0.15, 0.2) is 0 Å². The first-order valence-electron chi connectivity index (χ1n) is 8.32. The molecule has 3 N–H and O–H groups in total. The molecule has 1 aliphatic heterocycles. The van der Waals surface area contributed by atoms with Crippen molar-refractivity contribution in [3.63, 3.8) is 0 Å². The number of rotatable bonds is 7. The molecule has 1 saturated carbocycles. The topological polar surface area (TPSA) is 78.4 Å². The van der Waals surface area contributed by atoms with Gasteiger partial charge in [-0.1, -0.05) is 19.8 Å². The third-order valence-electron chi connectivity index (χ3n) is 4.97. The SMILES string of the molecule is CC(CCNC(=O)C1CC2CCCCC2N1)CCC(=O)O. The lowest BCUT2D eigenvalue weighted by Gasteiger charge is -2.24. The van der Waals surface area contributed by atoms with E-state index in [4.69, 9.17) is 5.11 Å². The van der Waals surface area contributed by atoms with Gasteiger partial charge in [0.05, 0.1) is 6.04 Å². The molecule has 1 aliphatic carbocycles. The van der Waals surface area contributed by atoms with Crippen LogP contribution in [0.25, 0.3) is 0 Å². The molecule has 2 rings (SSSR count). The van der Waals surface area contributed by atoms with Crippen molar-refractivity contribution in [1.29, 1.82) is 0 Å². The first-order chi connectivity index (χ1) is 10.1. The fourth-order valence-electron chi connectivity index (χ4n) is 3.60. The Labute approximate surface area is 126 Å². The van der Waals surface area contributed by atoms with Crippen LogP contribution in [0.3, 0.4) is 0 Å². The third-order valence-corrected chi connectivity index (χ3v) is 4.97. The number of aliphatic carboxylic acids is 1. The van der Waals surface area contributed by atoms with Gasteiger partial charge < -0.3 is 15.7 Å². The molecule has 1 heterocycles. The van der Waals surface area contributed by atoms with E-state index < -0.39 is 5.97 Å². The molecular weight excluding hydrogens is 268 g/mol. The molecule has 4 atom stereocenters. The number of carboxylic acid groups (broad SMARTS) is 1. The molecule has 2 aliphatic rings.